The molecule has 0 spiro atoms. The van der Waals surface area contributed by atoms with Gasteiger partial charge >= 0.3 is 0 Å². The minimum absolute atomic E-state index is 0.726. The zero-order chi connectivity index (χ0) is 8.55. The van der Waals surface area contributed by atoms with E-state index in [9.17, 15) is 0 Å². The molecule has 0 aliphatic heterocycles. The molecule has 1 aromatic rings. The third-order valence-corrected chi connectivity index (χ3v) is 2.37. The zero-order valence-corrected chi connectivity index (χ0v) is 7.67. The molecule has 1 aliphatic rings. The van der Waals surface area contributed by atoms with Crippen molar-refractivity contribution in [3.63, 3.8) is 0 Å². The van der Waals surface area contributed by atoms with Gasteiger partial charge in [-0.05, 0) is 26.2 Å². The van der Waals surface area contributed by atoms with Gasteiger partial charge in [0.05, 0.1) is 17.1 Å². The summed E-state index contributed by atoms with van der Waals surface area (Å²) >= 11 is 0. The highest BCUT2D eigenvalue weighted by atomic mass is 14.8. The largest absolute Gasteiger partial charge is 0.258 e. The molecule has 0 N–H and O–H groups in total. The topological polar surface area (TPSA) is 25.8 Å². The number of rotatable bonds is 2. The Morgan fingerprint density at radius 3 is 2.83 bits per heavy atom. The molecule has 0 bridgehead atoms. The maximum absolute atomic E-state index is 4.59. The quantitative estimate of drug-likeness (QED) is 0.666. The van der Waals surface area contributed by atoms with Gasteiger partial charge < -0.3 is 0 Å². The van der Waals surface area contributed by atoms with Crippen molar-refractivity contribution in [3.05, 3.63) is 23.3 Å². The Labute approximate surface area is 73.1 Å². The van der Waals surface area contributed by atoms with E-state index in [4.69, 9.17) is 0 Å². The van der Waals surface area contributed by atoms with Crippen LogP contribution in [-0.2, 0) is 6.42 Å². The first-order chi connectivity index (χ1) is 5.81. The van der Waals surface area contributed by atoms with Gasteiger partial charge in [0, 0.05) is 12.1 Å². The summed E-state index contributed by atoms with van der Waals surface area (Å²) in [5.41, 5.74) is 3.49. The van der Waals surface area contributed by atoms with E-state index in [1.165, 1.54) is 18.5 Å². The van der Waals surface area contributed by atoms with Crippen molar-refractivity contribution >= 4 is 0 Å². The number of hydrogen-bond donors (Lipinski definition) is 0. The van der Waals surface area contributed by atoms with Crippen LogP contribution in [0.4, 0.5) is 0 Å². The minimum atomic E-state index is 0.726. The van der Waals surface area contributed by atoms with Crippen LogP contribution in [0.3, 0.4) is 0 Å². The molecule has 12 heavy (non-hydrogen) atoms. The highest BCUT2D eigenvalue weighted by Gasteiger charge is 2.27. The molecule has 2 rings (SSSR count). The molecule has 1 heterocycles. The van der Waals surface area contributed by atoms with Crippen molar-refractivity contribution in [1.82, 2.24) is 9.97 Å². The summed E-state index contributed by atoms with van der Waals surface area (Å²) in [5.74, 6) is 0.726. The smallest absolute Gasteiger partial charge is 0.0650 e. The molecule has 0 amide bonds. The van der Waals surface area contributed by atoms with E-state index in [1.807, 2.05) is 6.20 Å². The third kappa shape index (κ3) is 1.33. The third-order valence-electron chi connectivity index (χ3n) is 2.37. The van der Waals surface area contributed by atoms with Crippen LogP contribution < -0.4 is 0 Å². The van der Waals surface area contributed by atoms with Gasteiger partial charge in [0.1, 0.15) is 0 Å². The average molecular weight is 162 g/mol. The van der Waals surface area contributed by atoms with E-state index in [2.05, 4.69) is 23.8 Å². The van der Waals surface area contributed by atoms with E-state index in [1.54, 1.807) is 0 Å². The zero-order valence-electron chi connectivity index (χ0n) is 7.67. The van der Waals surface area contributed by atoms with E-state index in [-0.39, 0.29) is 0 Å². The highest BCUT2D eigenvalue weighted by molar-refractivity contribution is 5.21. The van der Waals surface area contributed by atoms with Crippen LogP contribution in [-0.4, -0.2) is 9.97 Å². The van der Waals surface area contributed by atoms with Crippen LogP contribution in [0.5, 0.6) is 0 Å². The predicted molar refractivity (Wildman–Crippen MR) is 48.1 cm³/mol. The SMILES string of the molecule is CCc1cnc(C)c(C2CC2)n1. The van der Waals surface area contributed by atoms with Crippen LogP contribution in [0.15, 0.2) is 6.20 Å². The Kier molecular flexibility index (Phi) is 1.83. The summed E-state index contributed by atoms with van der Waals surface area (Å²) in [6.45, 7) is 4.18. The van der Waals surface area contributed by atoms with Crippen LogP contribution in [0.1, 0.15) is 42.8 Å². The van der Waals surface area contributed by atoms with Crippen molar-refractivity contribution in [2.24, 2.45) is 0 Å². The summed E-state index contributed by atoms with van der Waals surface area (Å²) in [7, 11) is 0. The number of nitrogens with zero attached hydrogens (tertiary/aromatic N) is 2. The molecule has 64 valence electrons. The predicted octanol–water partition coefficient (Wildman–Crippen LogP) is 2.22. The monoisotopic (exact) mass is 162 g/mol. The molecule has 1 aromatic heterocycles. The van der Waals surface area contributed by atoms with E-state index in [0.29, 0.717) is 0 Å². The molecule has 0 saturated heterocycles. The second-order valence-corrected chi connectivity index (χ2v) is 3.46. The second-order valence-electron chi connectivity index (χ2n) is 3.46. The van der Waals surface area contributed by atoms with Crippen molar-refractivity contribution in [3.8, 4) is 0 Å². The number of aryl methyl sites for hydroxylation is 2. The van der Waals surface area contributed by atoms with E-state index >= 15 is 0 Å². The van der Waals surface area contributed by atoms with Gasteiger partial charge in [-0.1, -0.05) is 6.92 Å². The fourth-order valence-corrected chi connectivity index (χ4v) is 1.42. The molecule has 2 nitrogen and oxygen atoms in total. The lowest BCUT2D eigenvalue weighted by Gasteiger charge is -2.03. The molecule has 1 saturated carbocycles. The summed E-state index contributed by atoms with van der Waals surface area (Å²) in [6.07, 6.45) is 5.50. The molecule has 1 aliphatic carbocycles. The normalized spacial score (nSPS) is 16.5. The van der Waals surface area contributed by atoms with E-state index in [0.717, 1.165) is 23.7 Å². The lowest BCUT2D eigenvalue weighted by atomic mass is 10.2. The summed E-state index contributed by atoms with van der Waals surface area (Å²) in [5, 5.41) is 0. The number of aromatic nitrogens is 2. The molecule has 0 aromatic carbocycles. The van der Waals surface area contributed by atoms with Crippen LogP contribution in [0.2, 0.25) is 0 Å². The molecule has 0 radical (unpaired) electrons. The fourth-order valence-electron chi connectivity index (χ4n) is 1.42. The lowest BCUT2D eigenvalue weighted by molar-refractivity contribution is 0.887. The summed E-state index contributed by atoms with van der Waals surface area (Å²) in [4.78, 5) is 8.94. The maximum Gasteiger partial charge on any atom is 0.0650 e. The molecule has 1 fully saturated rings. The molecular weight excluding hydrogens is 148 g/mol. The maximum atomic E-state index is 4.59. The van der Waals surface area contributed by atoms with Crippen molar-refractivity contribution in [2.75, 3.05) is 0 Å². The Hall–Kier alpha value is -0.920. The van der Waals surface area contributed by atoms with Crippen molar-refractivity contribution < 1.29 is 0 Å². The number of hydrogen-bond acceptors (Lipinski definition) is 2. The first-order valence-electron chi connectivity index (χ1n) is 4.63. The first-order valence-corrected chi connectivity index (χ1v) is 4.63. The Morgan fingerprint density at radius 2 is 2.25 bits per heavy atom. The fraction of sp³-hybridized carbons (Fsp3) is 0.600. The molecule has 0 unspecified atom stereocenters. The van der Waals surface area contributed by atoms with Crippen molar-refractivity contribution in [2.45, 2.75) is 39.0 Å². The van der Waals surface area contributed by atoms with Crippen LogP contribution in [0.25, 0.3) is 0 Å². The van der Waals surface area contributed by atoms with Gasteiger partial charge in [-0.2, -0.15) is 0 Å². The van der Waals surface area contributed by atoms with Crippen LogP contribution >= 0.6 is 0 Å². The van der Waals surface area contributed by atoms with E-state index < -0.39 is 0 Å². The minimum Gasteiger partial charge on any atom is -0.258 e. The Balaban J connectivity index is 2.36. The summed E-state index contributed by atoms with van der Waals surface area (Å²) in [6, 6.07) is 0. The average Bonchev–Trinajstić information content (AvgIpc) is 2.88. The van der Waals surface area contributed by atoms with Gasteiger partial charge in [-0.15, -0.1) is 0 Å². The van der Waals surface area contributed by atoms with Gasteiger partial charge in [0.15, 0.2) is 0 Å². The van der Waals surface area contributed by atoms with Crippen LogP contribution in [0, 0.1) is 6.92 Å². The Bertz CT molecular complexity index is 290. The first kappa shape index (κ1) is 7.71. The lowest BCUT2D eigenvalue weighted by Crippen LogP contribution is -1.98. The second kappa shape index (κ2) is 2.85. The highest BCUT2D eigenvalue weighted by Crippen LogP contribution is 2.39. The van der Waals surface area contributed by atoms with Gasteiger partial charge in [-0.25, -0.2) is 0 Å². The summed E-state index contributed by atoms with van der Waals surface area (Å²) < 4.78 is 0. The van der Waals surface area contributed by atoms with Crippen molar-refractivity contribution in [1.29, 1.82) is 0 Å². The molecule has 0 atom stereocenters. The van der Waals surface area contributed by atoms with Gasteiger partial charge in [0.25, 0.3) is 0 Å². The van der Waals surface area contributed by atoms with Gasteiger partial charge in [-0.3, -0.25) is 9.97 Å². The molecular formula is C10H14N2. The molecule has 2 heteroatoms. The Morgan fingerprint density at radius 1 is 1.50 bits per heavy atom. The van der Waals surface area contributed by atoms with Gasteiger partial charge in [0.2, 0.25) is 0 Å². The standard InChI is InChI=1S/C10H14N2/c1-3-9-6-11-7(2)10(12-9)8-4-5-8/h6,8H,3-5H2,1-2H3.